The molecule has 26 heavy (non-hydrogen) atoms. The molecule has 2 heterocycles. The summed E-state index contributed by atoms with van der Waals surface area (Å²) in [6, 6.07) is 4.16. The first-order valence-electron chi connectivity index (χ1n) is 9.32. The van der Waals surface area contributed by atoms with Crippen LogP contribution in [-0.2, 0) is 13.1 Å². The summed E-state index contributed by atoms with van der Waals surface area (Å²) in [4.78, 5) is 16.9. The number of ketones is 1. The van der Waals surface area contributed by atoms with Gasteiger partial charge in [0.2, 0.25) is 0 Å². The zero-order valence-corrected chi connectivity index (χ0v) is 16.6. The molecule has 5 nitrogen and oxygen atoms in total. The lowest BCUT2D eigenvalue weighted by molar-refractivity contribution is 0.101. The van der Waals surface area contributed by atoms with E-state index < -0.39 is 0 Å². The lowest BCUT2D eigenvalue weighted by Crippen LogP contribution is -2.45. The van der Waals surface area contributed by atoms with Crippen molar-refractivity contribution < 1.29 is 9.32 Å². The van der Waals surface area contributed by atoms with Crippen molar-refractivity contribution in [1.82, 2.24) is 15.0 Å². The minimum absolute atomic E-state index is 0.161. The predicted molar refractivity (Wildman–Crippen MR) is 102 cm³/mol. The maximum Gasteiger partial charge on any atom is 0.160 e. The molecule has 0 radical (unpaired) electrons. The van der Waals surface area contributed by atoms with Crippen molar-refractivity contribution in [1.29, 1.82) is 0 Å². The van der Waals surface area contributed by atoms with Gasteiger partial charge in [-0.15, -0.1) is 0 Å². The molecule has 3 rings (SSSR count). The molecule has 0 aliphatic carbocycles. The molecule has 1 aromatic carbocycles. The highest BCUT2D eigenvalue weighted by Gasteiger charge is 2.21. The summed E-state index contributed by atoms with van der Waals surface area (Å²) in [5.41, 5.74) is 6.65. The fraction of sp³-hybridized carbons (Fsp3) is 0.524. The van der Waals surface area contributed by atoms with Gasteiger partial charge in [0.25, 0.3) is 0 Å². The Kier molecular flexibility index (Phi) is 5.58. The van der Waals surface area contributed by atoms with Crippen LogP contribution in [0, 0.1) is 27.7 Å². The number of piperazine rings is 1. The molecule has 1 aliphatic rings. The first-order valence-corrected chi connectivity index (χ1v) is 9.32. The van der Waals surface area contributed by atoms with Gasteiger partial charge in [0.15, 0.2) is 11.5 Å². The van der Waals surface area contributed by atoms with Gasteiger partial charge in [0, 0.05) is 44.4 Å². The first kappa shape index (κ1) is 18.8. The van der Waals surface area contributed by atoms with Crippen molar-refractivity contribution in [2.45, 2.75) is 47.7 Å². The van der Waals surface area contributed by atoms with Crippen molar-refractivity contribution in [2.75, 3.05) is 26.2 Å². The second-order valence-corrected chi connectivity index (χ2v) is 7.53. The number of carbonyl (C=O) groups excluding carboxylic acids is 1. The zero-order chi connectivity index (χ0) is 18.8. The molecule has 1 aliphatic heterocycles. The molecule has 0 spiro atoms. The lowest BCUT2D eigenvalue weighted by atomic mass is 9.91. The molecule has 0 atom stereocenters. The van der Waals surface area contributed by atoms with Crippen molar-refractivity contribution >= 4 is 5.78 Å². The average Bonchev–Trinajstić information content (AvgIpc) is 2.97. The highest BCUT2D eigenvalue weighted by Crippen LogP contribution is 2.24. The molecule has 140 valence electrons. The van der Waals surface area contributed by atoms with Gasteiger partial charge >= 0.3 is 0 Å². The number of aryl methyl sites for hydroxylation is 3. The molecular weight excluding hydrogens is 326 g/mol. The van der Waals surface area contributed by atoms with Crippen LogP contribution >= 0.6 is 0 Å². The summed E-state index contributed by atoms with van der Waals surface area (Å²) in [6.07, 6.45) is 0. The summed E-state index contributed by atoms with van der Waals surface area (Å²) >= 11 is 0. The minimum atomic E-state index is 0.161. The number of hydrogen-bond donors (Lipinski definition) is 0. The molecule has 0 N–H and O–H groups in total. The molecule has 1 saturated heterocycles. The van der Waals surface area contributed by atoms with Gasteiger partial charge in [-0.05, 0) is 56.9 Å². The molecule has 2 aromatic rings. The fourth-order valence-corrected chi connectivity index (χ4v) is 4.05. The normalized spacial score (nSPS) is 16.2. The minimum Gasteiger partial charge on any atom is -0.360 e. The van der Waals surface area contributed by atoms with Gasteiger partial charge in [-0.25, -0.2) is 0 Å². The monoisotopic (exact) mass is 355 g/mol. The van der Waals surface area contributed by atoms with Crippen molar-refractivity contribution in [3.8, 4) is 0 Å². The molecule has 5 heteroatoms. The highest BCUT2D eigenvalue weighted by molar-refractivity contribution is 5.97. The number of rotatable bonds is 5. The van der Waals surface area contributed by atoms with E-state index in [2.05, 4.69) is 34.9 Å². The molecule has 1 aromatic heterocycles. The van der Waals surface area contributed by atoms with Crippen LogP contribution in [0.5, 0.6) is 0 Å². The van der Waals surface area contributed by atoms with E-state index in [0.29, 0.717) is 0 Å². The van der Waals surface area contributed by atoms with Crippen LogP contribution in [0.25, 0.3) is 0 Å². The van der Waals surface area contributed by atoms with Gasteiger partial charge in [-0.3, -0.25) is 14.6 Å². The molecule has 1 fully saturated rings. The van der Waals surface area contributed by atoms with Crippen LogP contribution in [-0.4, -0.2) is 46.9 Å². The van der Waals surface area contributed by atoms with Crippen LogP contribution in [0.3, 0.4) is 0 Å². The number of benzene rings is 1. The Bertz CT molecular complexity index is 802. The van der Waals surface area contributed by atoms with Crippen molar-refractivity contribution in [2.24, 2.45) is 0 Å². The average molecular weight is 355 g/mol. The standard InChI is InChI=1S/C21H29N3O2/c1-14-10-15(2)21(18(5)25)17(4)20(14)13-24-8-6-23(7-9-24)12-19-11-16(3)22-26-19/h10-11H,6-9,12-13H2,1-5H3. The van der Waals surface area contributed by atoms with Crippen molar-refractivity contribution in [3.63, 3.8) is 0 Å². The Labute approximate surface area is 156 Å². The predicted octanol–water partition coefficient (Wildman–Crippen LogP) is 3.43. The first-order chi connectivity index (χ1) is 12.3. The van der Waals surface area contributed by atoms with E-state index in [-0.39, 0.29) is 5.78 Å². The van der Waals surface area contributed by atoms with E-state index in [1.165, 1.54) is 11.1 Å². The van der Waals surface area contributed by atoms with Crippen LogP contribution < -0.4 is 0 Å². The van der Waals surface area contributed by atoms with Gasteiger partial charge in [-0.2, -0.15) is 0 Å². The molecule has 0 bridgehead atoms. The van der Waals surface area contributed by atoms with Crippen LogP contribution in [0.15, 0.2) is 16.7 Å². The Balaban J connectivity index is 1.64. The summed E-state index contributed by atoms with van der Waals surface area (Å²) < 4.78 is 5.33. The summed E-state index contributed by atoms with van der Waals surface area (Å²) in [7, 11) is 0. The fourth-order valence-electron chi connectivity index (χ4n) is 4.05. The third-order valence-electron chi connectivity index (χ3n) is 5.39. The summed E-state index contributed by atoms with van der Waals surface area (Å²) in [5.74, 6) is 1.10. The lowest BCUT2D eigenvalue weighted by Gasteiger charge is -2.35. The van der Waals surface area contributed by atoms with Crippen LogP contribution in [0.2, 0.25) is 0 Å². The van der Waals surface area contributed by atoms with E-state index >= 15 is 0 Å². The molecular formula is C21H29N3O2. The summed E-state index contributed by atoms with van der Waals surface area (Å²) in [6.45, 7) is 15.7. The zero-order valence-electron chi connectivity index (χ0n) is 16.6. The SMILES string of the molecule is CC(=O)c1c(C)cc(C)c(CN2CCN(Cc3cc(C)no3)CC2)c1C. The second-order valence-electron chi connectivity index (χ2n) is 7.53. The number of carbonyl (C=O) groups is 1. The van der Waals surface area contributed by atoms with Gasteiger partial charge in [0.1, 0.15) is 0 Å². The molecule has 0 unspecified atom stereocenters. The topological polar surface area (TPSA) is 49.6 Å². The Hall–Kier alpha value is -1.98. The van der Waals surface area contributed by atoms with Crippen molar-refractivity contribution in [3.05, 3.63) is 51.4 Å². The highest BCUT2D eigenvalue weighted by atomic mass is 16.5. The largest absolute Gasteiger partial charge is 0.360 e. The van der Waals surface area contributed by atoms with E-state index in [4.69, 9.17) is 4.52 Å². The Morgan fingerprint density at radius 2 is 1.62 bits per heavy atom. The van der Waals surface area contributed by atoms with E-state index in [9.17, 15) is 4.79 Å². The third kappa shape index (κ3) is 4.05. The van der Waals surface area contributed by atoms with E-state index in [1.54, 1.807) is 6.92 Å². The van der Waals surface area contributed by atoms with Gasteiger partial charge in [-0.1, -0.05) is 11.2 Å². The maximum atomic E-state index is 12.0. The summed E-state index contributed by atoms with van der Waals surface area (Å²) in [5, 5.41) is 3.96. The third-order valence-corrected chi connectivity index (χ3v) is 5.39. The van der Waals surface area contributed by atoms with Crippen LogP contribution in [0.1, 0.15) is 51.0 Å². The number of hydrogen-bond acceptors (Lipinski definition) is 5. The number of Topliss-reactive ketones (excluding diaryl/α,β-unsaturated/α-hetero) is 1. The number of nitrogens with zero attached hydrogens (tertiary/aromatic N) is 3. The molecule has 0 saturated carbocycles. The quantitative estimate of drug-likeness (QED) is 0.769. The van der Waals surface area contributed by atoms with E-state index in [1.807, 2.05) is 19.9 Å². The molecule has 0 amide bonds. The van der Waals surface area contributed by atoms with Gasteiger partial charge < -0.3 is 4.52 Å². The number of aromatic nitrogens is 1. The Morgan fingerprint density at radius 1 is 1.00 bits per heavy atom. The van der Waals surface area contributed by atoms with Crippen LogP contribution in [0.4, 0.5) is 0 Å². The smallest absolute Gasteiger partial charge is 0.160 e. The second kappa shape index (κ2) is 7.72. The van der Waals surface area contributed by atoms with Gasteiger partial charge in [0.05, 0.1) is 12.2 Å². The van der Waals surface area contributed by atoms with E-state index in [0.717, 1.165) is 67.4 Å². The Morgan fingerprint density at radius 3 is 2.15 bits per heavy atom. The maximum absolute atomic E-state index is 12.0.